The summed E-state index contributed by atoms with van der Waals surface area (Å²) >= 11 is 6.23. The van der Waals surface area contributed by atoms with Gasteiger partial charge < -0.3 is 10.5 Å². The van der Waals surface area contributed by atoms with Crippen molar-refractivity contribution in [3.63, 3.8) is 0 Å². The lowest BCUT2D eigenvalue weighted by Gasteiger charge is -2.24. The van der Waals surface area contributed by atoms with Crippen LogP contribution in [0.4, 0.5) is 0 Å². The van der Waals surface area contributed by atoms with E-state index in [0.29, 0.717) is 16.9 Å². The lowest BCUT2D eigenvalue weighted by molar-refractivity contribution is 0.413. The molecule has 1 aromatic carbocycles. The van der Waals surface area contributed by atoms with Gasteiger partial charge in [0.1, 0.15) is 5.75 Å². The summed E-state index contributed by atoms with van der Waals surface area (Å²) in [6.45, 7) is 7.36. The lowest BCUT2D eigenvalue weighted by Crippen LogP contribution is -2.11. The molecule has 0 aliphatic rings. The van der Waals surface area contributed by atoms with Gasteiger partial charge in [0.05, 0.1) is 12.1 Å². The average Bonchev–Trinajstić information content (AvgIpc) is 2.32. The van der Waals surface area contributed by atoms with Crippen LogP contribution < -0.4 is 10.5 Å². The lowest BCUT2D eigenvalue weighted by atomic mass is 9.82. The van der Waals surface area contributed by atoms with E-state index in [2.05, 4.69) is 26.8 Å². The second-order valence-electron chi connectivity index (χ2n) is 5.12. The zero-order chi connectivity index (χ0) is 13.7. The van der Waals surface area contributed by atoms with Crippen LogP contribution in [0, 0.1) is 12.8 Å². The molecule has 1 aromatic rings. The molecular weight excluding hydrogens is 246 g/mol. The standard InChI is InChI=1S/C15H24ClNO/c1-10(2)12(6-5-7-17)13-9-14(16)15(18-4)8-11(13)3/h8-10,12H,5-7,17H2,1-4H3. The van der Waals surface area contributed by atoms with Crippen molar-refractivity contribution in [1.82, 2.24) is 0 Å². The molecule has 1 atom stereocenters. The highest BCUT2D eigenvalue weighted by molar-refractivity contribution is 6.32. The SMILES string of the molecule is COc1cc(C)c(C(CCCN)C(C)C)cc1Cl. The summed E-state index contributed by atoms with van der Waals surface area (Å²) in [6.07, 6.45) is 2.16. The maximum Gasteiger partial charge on any atom is 0.137 e. The molecule has 0 heterocycles. The van der Waals surface area contributed by atoms with Gasteiger partial charge in [-0.25, -0.2) is 0 Å². The van der Waals surface area contributed by atoms with Gasteiger partial charge in [0.25, 0.3) is 0 Å². The van der Waals surface area contributed by atoms with E-state index >= 15 is 0 Å². The molecule has 1 rings (SSSR count). The third-order valence-corrected chi connectivity index (χ3v) is 3.76. The average molecular weight is 270 g/mol. The Morgan fingerprint density at radius 2 is 2.00 bits per heavy atom. The van der Waals surface area contributed by atoms with E-state index in [1.165, 1.54) is 11.1 Å². The molecule has 0 amide bonds. The number of halogens is 1. The van der Waals surface area contributed by atoms with Gasteiger partial charge in [-0.3, -0.25) is 0 Å². The quantitative estimate of drug-likeness (QED) is 0.843. The van der Waals surface area contributed by atoms with Crippen molar-refractivity contribution >= 4 is 11.6 Å². The molecule has 0 aliphatic heterocycles. The summed E-state index contributed by atoms with van der Waals surface area (Å²) in [6, 6.07) is 4.08. The fraction of sp³-hybridized carbons (Fsp3) is 0.600. The predicted molar refractivity (Wildman–Crippen MR) is 78.6 cm³/mol. The molecular formula is C15H24ClNO. The van der Waals surface area contributed by atoms with Crippen LogP contribution in [-0.4, -0.2) is 13.7 Å². The van der Waals surface area contributed by atoms with Crippen LogP contribution >= 0.6 is 11.6 Å². The number of nitrogens with two attached hydrogens (primary N) is 1. The molecule has 0 aliphatic carbocycles. The number of hydrogen-bond acceptors (Lipinski definition) is 2. The maximum absolute atomic E-state index is 6.23. The Bertz CT molecular complexity index is 390. The summed E-state index contributed by atoms with van der Waals surface area (Å²) in [5.41, 5.74) is 8.19. The normalized spacial score (nSPS) is 12.8. The first-order valence-corrected chi connectivity index (χ1v) is 6.93. The Kier molecular flexibility index (Phi) is 5.97. The fourth-order valence-corrected chi connectivity index (χ4v) is 2.66. The minimum absolute atomic E-state index is 0.511. The second kappa shape index (κ2) is 7.01. The number of methoxy groups -OCH3 is 1. The highest BCUT2D eigenvalue weighted by Gasteiger charge is 2.19. The maximum atomic E-state index is 6.23. The molecule has 0 saturated heterocycles. The first-order valence-electron chi connectivity index (χ1n) is 6.55. The first kappa shape index (κ1) is 15.3. The summed E-state index contributed by atoms with van der Waals surface area (Å²) in [5.74, 6) is 1.84. The minimum Gasteiger partial charge on any atom is -0.495 e. The second-order valence-corrected chi connectivity index (χ2v) is 5.53. The van der Waals surface area contributed by atoms with Crippen molar-refractivity contribution in [3.8, 4) is 5.75 Å². The minimum atomic E-state index is 0.511. The summed E-state index contributed by atoms with van der Waals surface area (Å²) in [7, 11) is 1.65. The van der Waals surface area contributed by atoms with Crippen LogP contribution in [-0.2, 0) is 0 Å². The smallest absolute Gasteiger partial charge is 0.137 e. The van der Waals surface area contributed by atoms with E-state index in [9.17, 15) is 0 Å². The van der Waals surface area contributed by atoms with Crippen molar-refractivity contribution in [2.45, 2.75) is 39.5 Å². The Balaban J connectivity index is 3.08. The predicted octanol–water partition coefficient (Wildman–Crippen LogP) is 4.14. The summed E-state index contributed by atoms with van der Waals surface area (Å²) < 4.78 is 5.25. The Morgan fingerprint density at radius 3 is 2.50 bits per heavy atom. The Morgan fingerprint density at radius 1 is 1.33 bits per heavy atom. The summed E-state index contributed by atoms with van der Waals surface area (Å²) in [5, 5.41) is 0.691. The molecule has 2 nitrogen and oxygen atoms in total. The van der Waals surface area contributed by atoms with Crippen molar-refractivity contribution in [2.75, 3.05) is 13.7 Å². The number of benzene rings is 1. The number of hydrogen-bond donors (Lipinski definition) is 1. The van der Waals surface area contributed by atoms with Gasteiger partial charge in [-0.2, -0.15) is 0 Å². The summed E-state index contributed by atoms with van der Waals surface area (Å²) in [4.78, 5) is 0. The third-order valence-electron chi connectivity index (χ3n) is 3.46. The topological polar surface area (TPSA) is 35.2 Å². The van der Waals surface area contributed by atoms with Crippen molar-refractivity contribution in [1.29, 1.82) is 0 Å². The highest BCUT2D eigenvalue weighted by atomic mass is 35.5. The highest BCUT2D eigenvalue weighted by Crippen LogP contribution is 2.36. The molecule has 0 saturated carbocycles. The third kappa shape index (κ3) is 3.63. The van der Waals surface area contributed by atoms with Gasteiger partial charge in [-0.05, 0) is 61.4 Å². The van der Waals surface area contributed by atoms with Gasteiger partial charge >= 0.3 is 0 Å². The van der Waals surface area contributed by atoms with Crippen molar-refractivity contribution in [2.24, 2.45) is 11.7 Å². The van der Waals surface area contributed by atoms with E-state index in [1.54, 1.807) is 7.11 Å². The number of aryl methyl sites for hydroxylation is 1. The molecule has 0 fully saturated rings. The number of ether oxygens (including phenoxy) is 1. The van der Waals surface area contributed by atoms with Crippen LogP contribution in [0.3, 0.4) is 0 Å². The van der Waals surface area contributed by atoms with Gasteiger partial charge in [-0.15, -0.1) is 0 Å². The molecule has 1 unspecified atom stereocenters. The van der Waals surface area contributed by atoms with Crippen molar-refractivity contribution in [3.05, 3.63) is 28.3 Å². The largest absolute Gasteiger partial charge is 0.495 e. The van der Waals surface area contributed by atoms with E-state index < -0.39 is 0 Å². The molecule has 0 bridgehead atoms. The van der Waals surface area contributed by atoms with E-state index in [0.717, 1.165) is 25.1 Å². The van der Waals surface area contributed by atoms with Crippen LogP contribution in [0.2, 0.25) is 5.02 Å². The molecule has 0 aromatic heterocycles. The molecule has 2 N–H and O–H groups in total. The van der Waals surface area contributed by atoms with E-state index in [4.69, 9.17) is 22.1 Å². The molecule has 0 spiro atoms. The Hall–Kier alpha value is -0.730. The molecule has 102 valence electrons. The Labute approximate surface area is 115 Å². The van der Waals surface area contributed by atoms with Gasteiger partial charge in [0.2, 0.25) is 0 Å². The monoisotopic (exact) mass is 269 g/mol. The van der Waals surface area contributed by atoms with Crippen LogP contribution in [0.25, 0.3) is 0 Å². The van der Waals surface area contributed by atoms with E-state index in [-0.39, 0.29) is 0 Å². The van der Waals surface area contributed by atoms with Crippen LogP contribution in [0.5, 0.6) is 5.75 Å². The van der Waals surface area contributed by atoms with Gasteiger partial charge in [0, 0.05) is 0 Å². The van der Waals surface area contributed by atoms with Gasteiger partial charge in [0.15, 0.2) is 0 Å². The zero-order valence-corrected chi connectivity index (χ0v) is 12.6. The van der Waals surface area contributed by atoms with Crippen molar-refractivity contribution < 1.29 is 4.74 Å². The zero-order valence-electron chi connectivity index (χ0n) is 11.8. The van der Waals surface area contributed by atoms with Crippen LogP contribution in [0.1, 0.15) is 43.7 Å². The number of rotatable bonds is 6. The first-order chi connectivity index (χ1) is 8.51. The fourth-order valence-electron chi connectivity index (χ4n) is 2.41. The van der Waals surface area contributed by atoms with E-state index in [1.807, 2.05) is 6.07 Å². The molecule has 0 radical (unpaired) electrons. The van der Waals surface area contributed by atoms with Gasteiger partial charge in [-0.1, -0.05) is 25.4 Å². The van der Waals surface area contributed by atoms with Crippen LogP contribution in [0.15, 0.2) is 12.1 Å². The molecule has 18 heavy (non-hydrogen) atoms. The molecule has 3 heteroatoms.